The van der Waals surface area contributed by atoms with Crippen LogP contribution in [0.25, 0.3) is 0 Å². The van der Waals surface area contributed by atoms with E-state index in [1.54, 1.807) is 24.0 Å². The number of nitro benzene ring substituents is 1. The number of hydrogen-bond acceptors (Lipinski definition) is 7. The highest BCUT2D eigenvalue weighted by molar-refractivity contribution is 8.01. The third-order valence-electron chi connectivity index (χ3n) is 4.23. The van der Waals surface area contributed by atoms with E-state index in [1.165, 1.54) is 23.9 Å². The second-order valence-electron chi connectivity index (χ2n) is 7.54. The molecule has 0 aliphatic carbocycles. The molecule has 9 heteroatoms. The predicted molar refractivity (Wildman–Crippen MR) is 105 cm³/mol. The molecule has 154 valence electrons. The number of likely N-dealkylation sites (tertiary alicyclic amines) is 1. The first-order valence-corrected chi connectivity index (χ1v) is 9.96. The lowest BCUT2D eigenvalue weighted by atomic mass is 9.96. The minimum absolute atomic E-state index is 0.00530. The number of amides is 1. The Kier molecular flexibility index (Phi) is 6.92. The van der Waals surface area contributed by atoms with E-state index in [9.17, 15) is 19.7 Å². The number of nitrogens with zero attached hydrogens (tertiary/aromatic N) is 2. The Bertz CT molecular complexity index is 721. The number of carbonyl (C=O) groups excluding carboxylic acids is 2. The Labute approximate surface area is 168 Å². The van der Waals surface area contributed by atoms with Crippen molar-refractivity contribution in [2.45, 2.75) is 55.8 Å². The van der Waals surface area contributed by atoms with Gasteiger partial charge in [-0.2, -0.15) is 0 Å². The Morgan fingerprint density at radius 2 is 1.79 bits per heavy atom. The zero-order valence-electron chi connectivity index (χ0n) is 16.6. The van der Waals surface area contributed by atoms with E-state index < -0.39 is 21.4 Å². The summed E-state index contributed by atoms with van der Waals surface area (Å²) >= 11 is 1.33. The van der Waals surface area contributed by atoms with E-state index in [0.29, 0.717) is 25.9 Å². The van der Waals surface area contributed by atoms with Gasteiger partial charge in [-0.3, -0.25) is 14.9 Å². The Hall–Kier alpha value is -2.29. The van der Waals surface area contributed by atoms with Crippen LogP contribution in [0.15, 0.2) is 29.2 Å². The fraction of sp³-hybridized carbons (Fsp3) is 0.579. The van der Waals surface area contributed by atoms with Crippen molar-refractivity contribution < 1.29 is 24.0 Å². The van der Waals surface area contributed by atoms with Crippen molar-refractivity contribution in [1.82, 2.24) is 4.90 Å². The largest absolute Gasteiger partial charge is 0.465 e. The highest BCUT2D eigenvalue weighted by Crippen LogP contribution is 2.42. The summed E-state index contributed by atoms with van der Waals surface area (Å²) in [6.07, 6.45) is 0.421. The Balaban J connectivity index is 2.14. The van der Waals surface area contributed by atoms with Crippen molar-refractivity contribution in [1.29, 1.82) is 0 Å². The van der Waals surface area contributed by atoms with Gasteiger partial charge in [0.2, 0.25) is 0 Å². The standard InChI is InChI=1S/C19H26N2O6S/c1-5-26-16(22)19(28-15-8-6-14(7-9-15)21(24)25)10-12-20(13-11-19)17(23)27-18(2,3)4/h6-9H,5,10-13H2,1-4H3. The van der Waals surface area contributed by atoms with Gasteiger partial charge in [-0.25, -0.2) is 4.79 Å². The van der Waals surface area contributed by atoms with Crippen molar-refractivity contribution >= 4 is 29.5 Å². The molecule has 0 atom stereocenters. The minimum atomic E-state index is -0.843. The molecule has 1 aliphatic heterocycles. The maximum absolute atomic E-state index is 12.7. The monoisotopic (exact) mass is 410 g/mol. The first-order valence-electron chi connectivity index (χ1n) is 9.15. The van der Waals surface area contributed by atoms with Crippen LogP contribution in [-0.4, -0.2) is 51.9 Å². The van der Waals surface area contributed by atoms with Crippen molar-refractivity contribution in [2.24, 2.45) is 0 Å². The molecule has 1 aromatic rings. The molecule has 0 saturated carbocycles. The van der Waals surface area contributed by atoms with E-state index in [-0.39, 0.29) is 18.3 Å². The quantitative estimate of drug-likeness (QED) is 0.411. The number of benzene rings is 1. The summed E-state index contributed by atoms with van der Waals surface area (Å²) in [7, 11) is 0. The van der Waals surface area contributed by atoms with Crippen LogP contribution < -0.4 is 0 Å². The van der Waals surface area contributed by atoms with Crippen molar-refractivity contribution in [3.63, 3.8) is 0 Å². The molecule has 0 radical (unpaired) electrons. The van der Waals surface area contributed by atoms with E-state index >= 15 is 0 Å². The van der Waals surface area contributed by atoms with Gasteiger partial charge in [0.25, 0.3) is 5.69 Å². The van der Waals surface area contributed by atoms with Gasteiger partial charge in [0.15, 0.2) is 0 Å². The van der Waals surface area contributed by atoms with Crippen LogP contribution in [0.3, 0.4) is 0 Å². The smallest absolute Gasteiger partial charge is 0.410 e. The third kappa shape index (κ3) is 5.60. The number of rotatable bonds is 5. The van der Waals surface area contributed by atoms with Crippen LogP contribution in [0.2, 0.25) is 0 Å². The van der Waals surface area contributed by atoms with Gasteiger partial charge in [-0.1, -0.05) is 0 Å². The summed E-state index contributed by atoms with van der Waals surface area (Å²) in [5.41, 5.74) is -0.588. The van der Waals surface area contributed by atoms with E-state index in [2.05, 4.69) is 0 Å². The number of hydrogen-bond donors (Lipinski definition) is 0. The maximum Gasteiger partial charge on any atom is 0.410 e. The molecule has 28 heavy (non-hydrogen) atoms. The average molecular weight is 410 g/mol. The molecule has 1 fully saturated rings. The third-order valence-corrected chi connectivity index (χ3v) is 5.70. The Morgan fingerprint density at radius 1 is 1.21 bits per heavy atom. The first-order chi connectivity index (χ1) is 13.1. The van der Waals surface area contributed by atoms with Crippen molar-refractivity contribution in [3.05, 3.63) is 34.4 Å². The molecule has 1 heterocycles. The van der Waals surface area contributed by atoms with E-state index in [0.717, 1.165) is 4.90 Å². The fourth-order valence-corrected chi connectivity index (χ4v) is 4.10. The first kappa shape index (κ1) is 22.0. The van der Waals surface area contributed by atoms with Gasteiger partial charge in [-0.05, 0) is 52.7 Å². The summed E-state index contributed by atoms with van der Waals surface area (Å²) in [5.74, 6) is -0.331. The summed E-state index contributed by atoms with van der Waals surface area (Å²) in [6, 6.07) is 6.09. The molecule has 0 bridgehead atoms. The molecular formula is C19H26N2O6S. The van der Waals surface area contributed by atoms with Gasteiger partial charge in [-0.15, -0.1) is 11.8 Å². The molecule has 0 aromatic heterocycles. The number of esters is 1. The molecule has 1 aliphatic rings. The molecule has 0 unspecified atom stereocenters. The number of non-ortho nitro benzene ring substituents is 1. The molecular weight excluding hydrogens is 384 g/mol. The van der Waals surface area contributed by atoms with Crippen LogP contribution in [0.5, 0.6) is 0 Å². The number of piperidine rings is 1. The predicted octanol–water partition coefficient (Wildman–Crippen LogP) is 4.02. The SMILES string of the molecule is CCOC(=O)C1(Sc2ccc([N+](=O)[O-])cc2)CCN(C(=O)OC(C)(C)C)CC1. The lowest BCUT2D eigenvalue weighted by molar-refractivity contribution is -0.384. The van der Waals surface area contributed by atoms with Gasteiger partial charge < -0.3 is 14.4 Å². The van der Waals surface area contributed by atoms with Gasteiger partial charge >= 0.3 is 12.1 Å². The van der Waals surface area contributed by atoms with Gasteiger partial charge in [0.05, 0.1) is 11.5 Å². The molecule has 0 spiro atoms. The lowest BCUT2D eigenvalue weighted by Crippen LogP contribution is -2.50. The van der Waals surface area contributed by atoms with Crippen LogP contribution in [-0.2, 0) is 14.3 Å². The highest BCUT2D eigenvalue weighted by atomic mass is 32.2. The average Bonchev–Trinajstić information content (AvgIpc) is 2.61. The second kappa shape index (κ2) is 8.81. The normalized spacial score (nSPS) is 16.4. The van der Waals surface area contributed by atoms with Gasteiger partial charge in [0.1, 0.15) is 10.3 Å². The zero-order valence-corrected chi connectivity index (χ0v) is 17.4. The Morgan fingerprint density at radius 3 is 2.25 bits per heavy atom. The number of nitro groups is 1. The van der Waals surface area contributed by atoms with E-state index in [4.69, 9.17) is 9.47 Å². The van der Waals surface area contributed by atoms with Crippen LogP contribution >= 0.6 is 11.8 Å². The minimum Gasteiger partial charge on any atom is -0.465 e. The molecule has 0 N–H and O–H groups in total. The zero-order chi connectivity index (χ0) is 20.9. The maximum atomic E-state index is 12.7. The van der Waals surface area contributed by atoms with Crippen LogP contribution in [0.4, 0.5) is 10.5 Å². The summed E-state index contributed by atoms with van der Waals surface area (Å²) < 4.78 is 9.86. The summed E-state index contributed by atoms with van der Waals surface area (Å²) in [5, 5.41) is 10.8. The highest BCUT2D eigenvalue weighted by Gasteiger charge is 2.45. The van der Waals surface area contributed by atoms with Crippen LogP contribution in [0.1, 0.15) is 40.5 Å². The van der Waals surface area contributed by atoms with Crippen LogP contribution in [0, 0.1) is 10.1 Å². The summed E-state index contributed by atoms with van der Waals surface area (Å²) in [6.45, 7) is 8.17. The van der Waals surface area contributed by atoms with Crippen molar-refractivity contribution in [2.75, 3.05) is 19.7 Å². The lowest BCUT2D eigenvalue weighted by Gasteiger charge is -2.39. The second-order valence-corrected chi connectivity index (χ2v) is 8.99. The molecule has 1 aromatic carbocycles. The summed E-state index contributed by atoms with van der Waals surface area (Å²) in [4.78, 5) is 37.7. The number of ether oxygens (including phenoxy) is 2. The molecule has 1 amide bonds. The van der Waals surface area contributed by atoms with Gasteiger partial charge in [0, 0.05) is 30.1 Å². The number of carbonyl (C=O) groups is 2. The topological polar surface area (TPSA) is 99.0 Å². The molecule has 1 saturated heterocycles. The number of thioether (sulfide) groups is 1. The molecule has 2 rings (SSSR count). The van der Waals surface area contributed by atoms with E-state index in [1.807, 2.05) is 20.8 Å². The van der Waals surface area contributed by atoms with Crippen molar-refractivity contribution in [3.8, 4) is 0 Å². The fourth-order valence-electron chi connectivity index (χ4n) is 2.85. The molecule has 8 nitrogen and oxygen atoms in total.